The molecular weight excluding hydrogens is 252 g/mol. The molecule has 0 saturated heterocycles. The van der Waals surface area contributed by atoms with E-state index in [4.69, 9.17) is 0 Å². The number of hydrogen-bond acceptors (Lipinski definition) is 3. The van der Waals surface area contributed by atoms with E-state index in [0.717, 1.165) is 19.3 Å². The molecule has 3 heteroatoms. The predicted octanol–water partition coefficient (Wildman–Crippen LogP) is 3.06. The Morgan fingerprint density at radius 3 is 2.75 bits per heavy atom. The van der Waals surface area contributed by atoms with Crippen molar-refractivity contribution in [1.29, 1.82) is 0 Å². The first-order chi connectivity index (χ1) is 9.33. The summed E-state index contributed by atoms with van der Waals surface area (Å²) in [6, 6.07) is 0. The molecule has 0 amide bonds. The largest absolute Gasteiger partial charge is 0.396 e. The van der Waals surface area contributed by atoms with Gasteiger partial charge in [0.05, 0.1) is 0 Å². The van der Waals surface area contributed by atoms with Gasteiger partial charge < -0.3 is 9.90 Å². The van der Waals surface area contributed by atoms with Crippen LogP contribution in [-0.2, 0) is 9.59 Å². The fourth-order valence-corrected chi connectivity index (χ4v) is 3.97. The number of allylic oxidation sites excluding steroid dienone is 2. The fraction of sp³-hybridized carbons (Fsp3) is 0.765. The van der Waals surface area contributed by atoms with Crippen LogP contribution < -0.4 is 0 Å². The molecule has 0 aromatic heterocycles. The third-order valence-electron chi connectivity index (χ3n) is 5.55. The van der Waals surface area contributed by atoms with Crippen LogP contribution in [0.3, 0.4) is 0 Å². The van der Waals surface area contributed by atoms with Gasteiger partial charge in [-0.25, -0.2) is 0 Å². The van der Waals surface area contributed by atoms with Gasteiger partial charge in [0.2, 0.25) is 0 Å². The van der Waals surface area contributed by atoms with Crippen molar-refractivity contribution in [1.82, 2.24) is 0 Å². The molecule has 0 radical (unpaired) electrons. The van der Waals surface area contributed by atoms with Crippen LogP contribution in [0.15, 0.2) is 11.6 Å². The van der Waals surface area contributed by atoms with Crippen LogP contribution in [0.5, 0.6) is 0 Å². The third-order valence-corrected chi connectivity index (χ3v) is 5.55. The molecule has 0 spiro atoms. The number of carbonyl (C=O) groups is 2. The van der Waals surface area contributed by atoms with Crippen LogP contribution in [0, 0.1) is 16.7 Å². The zero-order valence-electron chi connectivity index (χ0n) is 12.9. The van der Waals surface area contributed by atoms with Crippen LogP contribution >= 0.6 is 0 Å². The van der Waals surface area contributed by atoms with Crippen molar-refractivity contribution in [2.24, 2.45) is 16.7 Å². The molecule has 1 fully saturated rings. The first kappa shape index (κ1) is 15.4. The molecule has 0 aliphatic heterocycles. The lowest BCUT2D eigenvalue weighted by Crippen LogP contribution is -2.46. The van der Waals surface area contributed by atoms with E-state index in [1.54, 1.807) is 6.92 Å². The Morgan fingerprint density at radius 1 is 1.45 bits per heavy atom. The number of aliphatic hydroxyl groups is 1. The number of Topliss-reactive ketones (excluding diaryl/α,β-unsaturated/α-hetero) is 2. The van der Waals surface area contributed by atoms with E-state index in [1.165, 1.54) is 5.57 Å². The molecule has 3 atom stereocenters. The summed E-state index contributed by atoms with van der Waals surface area (Å²) in [5.74, 6) is 0.696. The van der Waals surface area contributed by atoms with Crippen molar-refractivity contribution in [3.63, 3.8) is 0 Å². The molecule has 0 aromatic rings. The van der Waals surface area contributed by atoms with Gasteiger partial charge >= 0.3 is 0 Å². The number of rotatable bonds is 4. The van der Waals surface area contributed by atoms with Gasteiger partial charge in [0.15, 0.2) is 0 Å². The molecule has 2 aliphatic rings. The average molecular weight is 278 g/mol. The normalized spacial score (nSPS) is 37.3. The summed E-state index contributed by atoms with van der Waals surface area (Å²) in [5.41, 5.74) is 0.589. The van der Waals surface area contributed by atoms with Crippen LogP contribution in [0.1, 0.15) is 59.3 Å². The number of carbonyl (C=O) groups excluding carboxylic acids is 2. The van der Waals surface area contributed by atoms with Gasteiger partial charge in [-0.1, -0.05) is 18.6 Å². The summed E-state index contributed by atoms with van der Waals surface area (Å²) < 4.78 is 0. The van der Waals surface area contributed by atoms with Crippen molar-refractivity contribution in [3.8, 4) is 0 Å². The molecular formula is C17H26O3. The molecule has 2 rings (SSSR count). The summed E-state index contributed by atoms with van der Waals surface area (Å²) in [6.07, 6.45) is 6.61. The molecule has 112 valence electrons. The van der Waals surface area contributed by atoms with Gasteiger partial charge in [-0.3, -0.25) is 4.79 Å². The summed E-state index contributed by atoms with van der Waals surface area (Å²) in [6.45, 7) is 5.89. The van der Waals surface area contributed by atoms with Crippen LogP contribution in [0.2, 0.25) is 0 Å². The molecule has 0 unspecified atom stereocenters. The maximum Gasteiger partial charge on any atom is 0.142 e. The Hall–Kier alpha value is -0.960. The maximum atomic E-state index is 12.5. The third kappa shape index (κ3) is 2.48. The lowest BCUT2D eigenvalue weighted by atomic mass is 9.54. The van der Waals surface area contributed by atoms with Crippen molar-refractivity contribution in [3.05, 3.63) is 11.6 Å². The smallest absolute Gasteiger partial charge is 0.142 e. The number of aliphatic hydroxyl groups excluding tert-OH is 1. The highest BCUT2D eigenvalue weighted by atomic mass is 16.3. The van der Waals surface area contributed by atoms with E-state index < -0.39 is 5.41 Å². The second-order valence-corrected chi connectivity index (χ2v) is 7.06. The monoisotopic (exact) mass is 278 g/mol. The highest BCUT2D eigenvalue weighted by molar-refractivity contribution is 5.89. The van der Waals surface area contributed by atoms with Crippen molar-refractivity contribution < 1.29 is 14.7 Å². The highest BCUT2D eigenvalue weighted by Gasteiger charge is 2.50. The van der Waals surface area contributed by atoms with Crippen LogP contribution in [0.25, 0.3) is 0 Å². The Labute approximate surface area is 121 Å². The van der Waals surface area contributed by atoms with E-state index in [-0.39, 0.29) is 29.5 Å². The second-order valence-electron chi connectivity index (χ2n) is 7.06. The zero-order chi connectivity index (χ0) is 15.0. The topological polar surface area (TPSA) is 54.4 Å². The Balaban J connectivity index is 2.33. The number of hydrogen-bond donors (Lipinski definition) is 1. The highest BCUT2D eigenvalue weighted by Crippen LogP contribution is 2.54. The van der Waals surface area contributed by atoms with Gasteiger partial charge in [0.25, 0.3) is 0 Å². The van der Waals surface area contributed by atoms with E-state index >= 15 is 0 Å². The molecule has 1 N–H and O–H groups in total. The molecule has 2 aliphatic carbocycles. The predicted molar refractivity (Wildman–Crippen MR) is 78.3 cm³/mol. The zero-order valence-corrected chi connectivity index (χ0v) is 12.9. The summed E-state index contributed by atoms with van der Waals surface area (Å²) in [7, 11) is 0. The minimum atomic E-state index is -0.495. The standard InChI is InChI=1S/C17H26O3/c1-12(19)8-10-17(3)14-5-4-9-16(2,11-18)13(14)6-7-15(17)20/h5,13,18H,4,6-11H2,1-3H3/t13-,16-,17+/m0/s1. The van der Waals surface area contributed by atoms with Gasteiger partial charge in [-0.05, 0) is 50.9 Å². The fourth-order valence-electron chi connectivity index (χ4n) is 3.97. The SMILES string of the molecule is CC(=O)CC[C@@]1(C)C(=O)CC[C@H]2C1=CCC[C@@]2(C)CO. The van der Waals surface area contributed by atoms with Crippen molar-refractivity contribution in [2.45, 2.75) is 59.3 Å². The first-order valence-corrected chi connectivity index (χ1v) is 7.67. The van der Waals surface area contributed by atoms with Crippen molar-refractivity contribution in [2.75, 3.05) is 6.61 Å². The molecule has 3 nitrogen and oxygen atoms in total. The minimum absolute atomic E-state index is 0.109. The maximum absolute atomic E-state index is 12.5. The van der Waals surface area contributed by atoms with E-state index in [9.17, 15) is 14.7 Å². The average Bonchev–Trinajstić information content (AvgIpc) is 2.41. The summed E-state index contributed by atoms with van der Waals surface area (Å²) in [4.78, 5) is 23.8. The molecule has 0 bridgehead atoms. The van der Waals surface area contributed by atoms with Crippen molar-refractivity contribution >= 4 is 11.6 Å². The molecule has 0 heterocycles. The van der Waals surface area contributed by atoms with Gasteiger partial charge in [-0.2, -0.15) is 0 Å². The van der Waals surface area contributed by atoms with E-state index in [2.05, 4.69) is 13.0 Å². The van der Waals surface area contributed by atoms with E-state index in [0.29, 0.717) is 19.3 Å². The molecule has 0 aromatic carbocycles. The second kappa shape index (κ2) is 5.44. The lowest BCUT2D eigenvalue weighted by molar-refractivity contribution is -0.130. The molecule has 20 heavy (non-hydrogen) atoms. The Morgan fingerprint density at radius 2 is 2.15 bits per heavy atom. The Bertz CT molecular complexity index is 451. The minimum Gasteiger partial charge on any atom is -0.396 e. The van der Waals surface area contributed by atoms with Crippen LogP contribution in [0.4, 0.5) is 0 Å². The van der Waals surface area contributed by atoms with Crippen LogP contribution in [-0.4, -0.2) is 23.3 Å². The lowest BCUT2D eigenvalue weighted by Gasteiger charge is -2.49. The Kier molecular flexibility index (Phi) is 4.19. The van der Waals surface area contributed by atoms with Gasteiger partial charge in [-0.15, -0.1) is 0 Å². The summed E-state index contributed by atoms with van der Waals surface area (Å²) >= 11 is 0. The number of fused-ring (bicyclic) bond motifs is 1. The van der Waals surface area contributed by atoms with E-state index in [1.807, 2.05) is 6.92 Å². The van der Waals surface area contributed by atoms with Gasteiger partial charge in [0.1, 0.15) is 11.6 Å². The summed E-state index contributed by atoms with van der Waals surface area (Å²) in [5, 5.41) is 9.78. The molecule has 1 saturated carbocycles. The quantitative estimate of drug-likeness (QED) is 0.804. The first-order valence-electron chi connectivity index (χ1n) is 7.67. The van der Waals surface area contributed by atoms with Gasteiger partial charge in [0, 0.05) is 24.9 Å². The number of ketones is 2.